The summed E-state index contributed by atoms with van der Waals surface area (Å²) in [5.74, 6) is 0. The van der Waals surface area contributed by atoms with Gasteiger partial charge in [-0.3, -0.25) is 0 Å². The first-order chi connectivity index (χ1) is 10.0. The topological polar surface area (TPSA) is 12.0 Å². The molecule has 2 rings (SSSR count). The molecular formula is C19H24ClN. The van der Waals surface area contributed by atoms with Crippen molar-refractivity contribution in [1.29, 1.82) is 0 Å². The third kappa shape index (κ3) is 3.87. The standard InChI is InChI=1S/C19H24ClN/c1-5-10-21-19(16-8-7-14(3)15(4)12-16)17-9-6-13(2)11-18(17)20/h6-9,11-12,19,21H,5,10H2,1-4H3. The van der Waals surface area contributed by atoms with Gasteiger partial charge in [0.15, 0.2) is 0 Å². The molecule has 21 heavy (non-hydrogen) atoms. The Bertz CT molecular complexity index is 619. The van der Waals surface area contributed by atoms with Gasteiger partial charge in [0.05, 0.1) is 6.04 Å². The molecule has 0 aromatic heterocycles. The van der Waals surface area contributed by atoms with E-state index >= 15 is 0 Å². The van der Waals surface area contributed by atoms with E-state index < -0.39 is 0 Å². The fraction of sp³-hybridized carbons (Fsp3) is 0.368. The van der Waals surface area contributed by atoms with Crippen LogP contribution in [0.1, 0.15) is 47.2 Å². The van der Waals surface area contributed by atoms with E-state index in [0.29, 0.717) is 0 Å². The fourth-order valence-electron chi connectivity index (χ4n) is 2.51. The van der Waals surface area contributed by atoms with Crippen molar-refractivity contribution in [2.75, 3.05) is 6.54 Å². The molecule has 0 aliphatic carbocycles. The van der Waals surface area contributed by atoms with E-state index in [0.717, 1.165) is 23.6 Å². The van der Waals surface area contributed by atoms with Crippen LogP contribution in [0.25, 0.3) is 0 Å². The highest BCUT2D eigenvalue weighted by Gasteiger charge is 2.16. The maximum atomic E-state index is 6.48. The van der Waals surface area contributed by atoms with Crippen LogP contribution in [-0.2, 0) is 0 Å². The molecule has 1 unspecified atom stereocenters. The van der Waals surface area contributed by atoms with Gasteiger partial charge >= 0.3 is 0 Å². The van der Waals surface area contributed by atoms with Crippen LogP contribution in [0.15, 0.2) is 36.4 Å². The summed E-state index contributed by atoms with van der Waals surface area (Å²) >= 11 is 6.48. The minimum atomic E-state index is 0.150. The first-order valence-electron chi connectivity index (χ1n) is 7.59. The van der Waals surface area contributed by atoms with E-state index in [2.05, 4.69) is 63.3 Å². The number of hydrogen-bond donors (Lipinski definition) is 1. The molecule has 0 heterocycles. The summed E-state index contributed by atoms with van der Waals surface area (Å²) in [5.41, 5.74) is 6.26. The molecule has 0 fully saturated rings. The Morgan fingerprint density at radius 2 is 1.76 bits per heavy atom. The zero-order valence-corrected chi connectivity index (χ0v) is 14.1. The van der Waals surface area contributed by atoms with E-state index in [9.17, 15) is 0 Å². The van der Waals surface area contributed by atoms with Crippen LogP contribution in [-0.4, -0.2) is 6.54 Å². The van der Waals surface area contributed by atoms with Crippen LogP contribution < -0.4 is 5.32 Å². The van der Waals surface area contributed by atoms with Crippen LogP contribution in [0, 0.1) is 20.8 Å². The Kier molecular flexibility index (Phi) is 5.44. The maximum Gasteiger partial charge on any atom is 0.0591 e. The van der Waals surface area contributed by atoms with Crippen LogP contribution >= 0.6 is 11.6 Å². The van der Waals surface area contributed by atoms with Crippen LogP contribution in [0.4, 0.5) is 0 Å². The van der Waals surface area contributed by atoms with Crippen LogP contribution in [0.3, 0.4) is 0 Å². The zero-order valence-electron chi connectivity index (χ0n) is 13.3. The Morgan fingerprint density at radius 3 is 2.38 bits per heavy atom. The Hall–Kier alpha value is -1.31. The van der Waals surface area contributed by atoms with Crippen molar-refractivity contribution in [3.63, 3.8) is 0 Å². The van der Waals surface area contributed by atoms with Gasteiger partial charge in [-0.25, -0.2) is 0 Å². The number of hydrogen-bond acceptors (Lipinski definition) is 1. The second-order valence-electron chi connectivity index (χ2n) is 5.76. The first-order valence-corrected chi connectivity index (χ1v) is 7.97. The second kappa shape index (κ2) is 7.11. The quantitative estimate of drug-likeness (QED) is 0.784. The summed E-state index contributed by atoms with van der Waals surface area (Å²) in [6.07, 6.45) is 1.10. The molecule has 0 saturated carbocycles. The molecule has 2 heteroatoms. The Balaban J connectivity index is 2.44. The van der Waals surface area contributed by atoms with Crippen molar-refractivity contribution in [1.82, 2.24) is 5.32 Å². The smallest absolute Gasteiger partial charge is 0.0591 e. The molecule has 1 N–H and O–H groups in total. The molecule has 2 aromatic rings. The fourth-order valence-corrected chi connectivity index (χ4v) is 2.85. The average Bonchev–Trinajstić information content (AvgIpc) is 2.44. The second-order valence-corrected chi connectivity index (χ2v) is 6.16. The highest BCUT2D eigenvalue weighted by molar-refractivity contribution is 6.31. The summed E-state index contributed by atoms with van der Waals surface area (Å²) in [4.78, 5) is 0. The van der Waals surface area contributed by atoms with E-state index in [-0.39, 0.29) is 6.04 Å². The summed E-state index contributed by atoms with van der Waals surface area (Å²) in [6, 6.07) is 13.1. The van der Waals surface area contributed by atoms with Gasteiger partial charge in [-0.05, 0) is 67.6 Å². The molecule has 1 atom stereocenters. The van der Waals surface area contributed by atoms with E-state index in [1.165, 1.54) is 22.3 Å². The molecule has 2 aromatic carbocycles. The Labute approximate surface area is 133 Å². The van der Waals surface area contributed by atoms with Crippen molar-refractivity contribution in [2.24, 2.45) is 0 Å². The molecule has 0 radical (unpaired) electrons. The number of halogens is 1. The predicted molar refractivity (Wildman–Crippen MR) is 92.2 cm³/mol. The highest BCUT2D eigenvalue weighted by atomic mass is 35.5. The molecule has 0 aliphatic heterocycles. The first kappa shape index (κ1) is 16.1. The average molecular weight is 302 g/mol. The van der Waals surface area contributed by atoms with E-state index in [1.807, 2.05) is 6.07 Å². The summed E-state index contributed by atoms with van der Waals surface area (Å²) < 4.78 is 0. The lowest BCUT2D eigenvalue weighted by Crippen LogP contribution is -2.23. The maximum absolute atomic E-state index is 6.48. The van der Waals surface area contributed by atoms with Gasteiger partial charge in [0, 0.05) is 5.02 Å². The van der Waals surface area contributed by atoms with Gasteiger partial charge in [-0.15, -0.1) is 0 Å². The SMILES string of the molecule is CCCNC(c1ccc(C)c(C)c1)c1ccc(C)cc1Cl. The third-order valence-electron chi connectivity index (χ3n) is 3.93. The number of nitrogens with one attached hydrogen (secondary N) is 1. The van der Waals surface area contributed by atoms with Crippen LogP contribution in [0.2, 0.25) is 5.02 Å². The minimum Gasteiger partial charge on any atom is -0.306 e. The monoisotopic (exact) mass is 301 g/mol. The van der Waals surface area contributed by atoms with Crippen molar-refractivity contribution in [2.45, 2.75) is 40.2 Å². The highest BCUT2D eigenvalue weighted by Crippen LogP contribution is 2.30. The van der Waals surface area contributed by atoms with Crippen molar-refractivity contribution >= 4 is 11.6 Å². The van der Waals surface area contributed by atoms with Gasteiger partial charge in [-0.1, -0.05) is 48.9 Å². The zero-order chi connectivity index (χ0) is 15.4. The molecule has 0 spiro atoms. The number of benzene rings is 2. The van der Waals surface area contributed by atoms with Crippen molar-refractivity contribution < 1.29 is 0 Å². The van der Waals surface area contributed by atoms with Gasteiger partial charge in [-0.2, -0.15) is 0 Å². The summed E-state index contributed by atoms with van der Waals surface area (Å²) in [6.45, 7) is 9.53. The lowest BCUT2D eigenvalue weighted by Gasteiger charge is -2.22. The Morgan fingerprint density at radius 1 is 1.00 bits per heavy atom. The van der Waals surface area contributed by atoms with Gasteiger partial charge < -0.3 is 5.32 Å². The van der Waals surface area contributed by atoms with Gasteiger partial charge in [0.2, 0.25) is 0 Å². The molecule has 0 aliphatic rings. The predicted octanol–water partition coefficient (Wildman–Crippen LogP) is 5.35. The number of rotatable bonds is 5. The number of aryl methyl sites for hydroxylation is 3. The van der Waals surface area contributed by atoms with E-state index in [4.69, 9.17) is 11.6 Å². The molecule has 112 valence electrons. The minimum absolute atomic E-state index is 0.150. The van der Waals surface area contributed by atoms with Crippen molar-refractivity contribution in [3.8, 4) is 0 Å². The molecular weight excluding hydrogens is 278 g/mol. The lowest BCUT2D eigenvalue weighted by molar-refractivity contribution is 0.598. The largest absolute Gasteiger partial charge is 0.306 e. The third-order valence-corrected chi connectivity index (χ3v) is 4.26. The van der Waals surface area contributed by atoms with Crippen molar-refractivity contribution in [3.05, 3.63) is 69.2 Å². The normalized spacial score (nSPS) is 12.4. The molecule has 0 bridgehead atoms. The molecule has 0 amide bonds. The summed E-state index contributed by atoms with van der Waals surface area (Å²) in [5, 5.41) is 4.46. The van der Waals surface area contributed by atoms with E-state index in [1.54, 1.807) is 0 Å². The molecule has 0 saturated heterocycles. The van der Waals surface area contributed by atoms with Crippen LogP contribution in [0.5, 0.6) is 0 Å². The molecule has 1 nitrogen and oxygen atoms in total. The lowest BCUT2D eigenvalue weighted by atomic mass is 9.95. The van der Waals surface area contributed by atoms with Gasteiger partial charge in [0.25, 0.3) is 0 Å². The van der Waals surface area contributed by atoms with Gasteiger partial charge in [0.1, 0.15) is 0 Å². The summed E-state index contributed by atoms with van der Waals surface area (Å²) in [7, 11) is 0.